The lowest BCUT2D eigenvalue weighted by molar-refractivity contribution is 0.309. The average Bonchev–Trinajstić information content (AvgIpc) is 2.46. The number of allylic oxidation sites excluding steroid dienone is 3. The highest BCUT2D eigenvalue weighted by atomic mass is 32.1. The van der Waals surface area contributed by atoms with Crippen LogP contribution in [0.3, 0.4) is 0 Å². The van der Waals surface area contributed by atoms with Crippen molar-refractivity contribution in [1.29, 1.82) is 0 Å². The fourth-order valence-corrected chi connectivity index (χ4v) is 2.58. The first-order valence-corrected chi connectivity index (χ1v) is 7.18. The monoisotopic (exact) mass is 304 g/mol. The molecular formula is C15H20N4OS. The molecule has 0 atom stereocenters. The highest BCUT2D eigenvalue weighted by Gasteiger charge is 2.15. The number of oxime groups is 1. The van der Waals surface area contributed by atoms with Crippen molar-refractivity contribution in [3.05, 3.63) is 45.8 Å². The van der Waals surface area contributed by atoms with E-state index in [0.29, 0.717) is 16.0 Å². The second kappa shape index (κ2) is 6.69. The molecule has 0 radical (unpaired) electrons. The maximum atomic E-state index is 8.58. The Hall–Kier alpha value is -1.92. The molecule has 2 heterocycles. The van der Waals surface area contributed by atoms with Crippen molar-refractivity contribution in [2.24, 2.45) is 10.9 Å². The van der Waals surface area contributed by atoms with Gasteiger partial charge in [-0.25, -0.2) is 0 Å². The molecule has 6 heteroatoms. The van der Waals surface area contributed by atoms with Crippen molar-refractivity contribution in [1.82, 2.24) is 9.88 Å². The number of aromatic nitrogens is 1. The van der Waals surface area contributed by atoms with Gasteiger partial charge in [0.05, 0.1) is 5.71 Å². The van der Waals surface area contributed by atoms with Crippen molar-refractivity contribution in [3.8, 4) is 0 Å². The minimum atomic E-state index is 0.510. The maximum Gasteiger partial charge on any atom is 0.112 e. The maximum absolute atomic E-state index is 8.58. The molecule has 0 bridgehead atoms. The number of hydrogen-bond acceptors (Lipinski definition) is 5. The third kappa shape index (κ3) is 3.80. The van der Waals surface area contributed by atoms with Gasteiger partial charge >= 0.3 is 0 Å². The Bertz CT molecular complexity index is 673. The van der Waals surface area contributed by atoms with Crippen LogP contribution in [0.1, 0.15) is 23.7 Å². The van der Waals surface area contributed by atoms with Crippen LogP contribution < -0.4 is 5.73 Å². The molecule has 1 aliphatic heterocycles. The molecule has 112 valence electrons. The zero-order valence-electron chi connectivity index (χ0n) is 12.3. The van der Waals surface area contributed by atoms with Crippen LogP contribution in [0.5, 0.6) is 0 Å². The molecule has 0 saturated carbocycles. The minimum absolute atomic E-state index is 0.510. The Morgan fingerprint density at radius 1 is 1.57 bits per heavy atom. The van der Waals surface area contributed by atoms with E-state index >= 15 is 0 Å². The number of nitrogens with one attached hydrogen (secondary N) is 1. The Morgan fingerprint density at radius 3 is 3.05 bits per heavy atom. The smallest absolute Gasteiger partial charge is 0.112 e. The SMILES string of the molecule is CC(/C=C/C=C(\N)c1cc2c([nH]c1=S)CCN(C)C2)=N/O. The Kier molecular flexibility index (Phi) is 4.93. The number of hydrogen-bond donors (Lipinski definition) is 3. The van der Waals surface area contributed by atoms with Crippen LogP contribution in [0.2, 0.25) is 0 Å². The van der Waals surface area contributed by atoms with Crippen molar-refractivity contribution < 1.29 is 5.21 Å². The van der Waals surface area contributed by atoms with Crippen LogP contribution in [0.15, 0.2) is 29.5 Å². The molecule has 0 unspecified atom stereocenters. The number of nitrogens with two attached hydrogens (primary N) is 1. The van der Waals surface area contributed by atoms with Gasteiger partial charge in [0.15, 0.2) is 0 Å². The number of H-pyrrole nitrogens is 1. The Balaban J connectivity index is 2.31. The summed E-state index contributed by atoms with van der Waals surface area (Å²) in [6.07, 6.45) is 6.15. The molecule has 1 aromatic rings. The van der Waals surface area contributed by atoms with E-state index in [4.69, 9.17) is 23.2 Å². The summed E-state index contributed by atoms with van der Waals surface area (Å²) in [4.78, 5) is 5.56. The quantitative estimate of drug-likeness (QED) is 0.263. The molecule has 0 saturated heterocycles. The van der Waals surface area contributed by atoms with E-state index in [9.17, 15) is 0 Å². The second-order valence-electron chi connectivity index (χ2n) is 5.23. The third-order valence-electron chi connectivity index (χ3n) is 3.48. The van der Waals surface area contributed by atoms with E-state index in [2.05, 4.69) is 28.2 Å². The topological polar surface area (TPSA) is 77.6 Å². The van der Waals surface area contributed by atoms with Gasteiger partial charge in [0, 0.05) is 36.5 Å². The number of aromatic amines is 1. The summed E-state index contributed by atoms with van der Waals surface area (Å²) in [5, 5.41) is 11.6. The van der Waals surface area contributed by atoms with Gasteiger partial charge in [-0.3, -0.25) is 0 Å². The standard InChI is InChI=1S/C15H20N4OS/c1-10(18-20)4-3-5-13(16)12-8-11-9-19(2)7-6-14(11)17-15(12)21/h3-5,8,20H,6-7,9,16H2,1-2H3,(H,17,21)/b4-3+,13-5-,18-10-. The summed E-state index contributed by atoms with van der Waals surface area (Å²) >= 11 is 5.39. The zero-order chi connectivity index (χ0) is 15.4. The van der Waals surface area contributed by atoms with Crippen molar-refractivity contribution in [2.45, 2.75) is 19.9 Å². The number of pyridine rings is 1. The normalized spacial score (nSPS) is 17.2. The molecule has 4 N–H and O–H groups in total. The van der Waals surface area contributed by atoms with E-state index < -0.39 is 0 Å². The van der Waals surface area contributed by atoms with Gasteiger partial charge in [-0.2, -0.15) is 0 Å². The molecule has 21 heavy (non-hydrogen) atoms. The first kappa shape index (κ1) is 15.5. The predicted octanol–water partition coefficient (Wildman–Crippen LogP) is 2.44. The van der Waals surface area contributed by atoms with Crippen LogP contribution in [-0.4, -0.2) is 34.4 Å². The van der Waals surface area contributed by atoms with Gasteiger partial charge in [-0.15, -0.1) is 0 Å². The number of likely N-dealkylation sites (N-methyl/N-ethyl adjacent to an activating group) is 1. The van der Waals surface area contributed by atoms with E-state index in [1.165, 1.54) is 11.3 Å². The van der Waals surface area contributed by atoms with Crippen LogP contribution in [0, 0.1) is 4.64 Å². The third-order valence-corrected chi connectivity index (χ3v) is 3.80. The average molecular weight is 304 g/mol. The Morgan fingerprint density at radius 2 is 2.33 bits per heavy atom. The molecule has 0 fully saturated rings. The first-order valence-electron chi connectivity index (χ1n) is 6.77. The summed E-state index contributed by atoms with van der Waals surface area (Å²) in [7, 11) is 2.10. The number of rotatable bonds is 3. The molecule has 0 spiro atoms. The van der Waals surface area contributed by atoms with Crippen LogP contribution in [0.25, 0.3) is 5.70 Å². The Labute approximate surface area is 129 Å². The van der Waals surface area contributed by atoms with E-state index in [-0.39, 0.29) is 0 Å². The zero-order valence-corrected chi connectivity index (χ0v) is 13.1. The lowest BCUT2D eigenvalue weighted by Gasteiger charge is -2.25. The van der Waals surface area contributed by atoms with Crippen LogP contribution in [-0.2, 0) is 13.0 Å². The van der Waals surface area contributed by atoms with Crippen molar-refractivity contribution in [2.75, 3.05) is 13.6 Å². The van der Waals surface area contributed by atoms with Gasteiger partial charge < -0.3 is 20.8 Å². The number of fused-ring (bicyclic) bond motifs is 1. The summed E-state index contributed by atoms with van der Waals surface area (Å²) in [5.41, 5.74) is 10.5. The molecule has 1 aliphatic rings. The highest BCUT2D eigenvalue weighted by molar-refractivity contribution is 7.71. The van der Waals surface area contributed by atoms with E-state index in [0.717, 1.165) is 25.1 Å². The summed E-state index contributed by atoms with van der Waals surface area (Å²) < 4.78 is 0.660. The van der Waals surface area contributed by atoms with Gasteiger partial charge in [-0.1, -0.05) is 23.4 Å². The number of nitrogens with zero attached hydrogens (tertiary/aromatic N) is 2. The van der Waals surface area contributed by atoms with Gasteiger partial charge in [-0.05, 0) is 37.8 Å². The predicted molar refractivity (Wildman–Crippen MR) is 87.9 cm³/mol. The molecule has 0 amide bonds. The second-order valence-corrected chi connectivity index (χ2v) is 5.63. The van der Waals surface area contributed by atoms with E-state index in [1.54, 1.807) is 25.2 Å². The molecule has 2 rings (SSSR count). The van der Waals surface area contributed by atoms with Gasteiger partial charge in [0.2, 0.25) is 0 Å². The summed E-state index contributed by atoms with van der Waals surface area (Å²) in [6.45, 7) is 3.63. The first-order chi connectivity index (χ1) is 10.0. The van der Waals surface area contributed by atoms with Gasteiger partial charge in [0.1, 0.15) is 4.64 Å². The lowest BCUT2D eigenvalue weighted by atomic mass is 10.0. The molecular weight excluding hydrogens is 284 g/mol. The van der Waals surface area contributed by atoms with Crippen LogP contribution >= 0.6 is 12.2 Å². The molecule has 5 nitrogen and oxygen atoms in total. The fraction of sp³-hybridized carbons (Fsp3) is 0.333. The minimum Gasteiger partial charge on any atom is -0.411 e. The fourth-order valence-electron chi connectivity index (χ4n) is 2.28. The molecule has 0 aliphatic carbocycles. The molecule has 0 aromatic carbocycles. The summed E-state index contributed by atoms with van der Waals surface area (Å²) in [6, 6.07) is 2.07. The largest absolute Gasteiger partial charge is 0.411 e. The molecule has 1 aromatic heterocycles. The summed E-state index contributed by atoms with van der Waals surface area (Å²) in [5.74, 6) is 0. The van der Waals surface area contributed by atoms with Gasteiger partial charge in [0.25, 0.3) is 0 Å². The van der Waals surface area contributed by atoms with E-state index in [1.807, 2.05) is 0 Å². The van der Waals surface area contributed by atoms with Crippen LogP contribution in [0.4, 0.5) is 0 Å². The van der Waals surface area contributed by atoms with Crippen molar-refractivity contribution >= 4 is 23.6 Å². The lowest BCUT2D eigenvalue weighted by Crippen LogP contribution is -2.27. The highest BCUT2D eigenvalue weighted by Crippen LogP contribution is 2.20. The van der Waals surface area contributed by atoms with Crippen molar-refractivity contribution in [3.63, 3.8) is 0 Å².